The van der Waals surface area contributed by atoms with Gasteiger partial charge in [-0.05, 0) is 51.6 Å². The lowest BCUT2D eigenvalue weighted by atomic mass is 9.96. The van der Waals surface area contributed by atoms with Gasteiger partial charge in [-0.2, -0.15) is 0 Å². The maximum atomic E-state index is 13.7. The minimum absolute atomic E-state index is 0.0760. The second-order valence-electron chi connectivity index (χ2n) is 10.0. The van der Waals surface area contributed by atoms with Gasteiger partial charge in [-0.25, -0.2) is 4.79 Å². The van der Waals surface area contributed by atoms with E-state index in [1.54, 1.807) is 11.9 Å². The SMILES string of the molecule is CC(C)[C@@H](C(=O)N(C)[C@H](C(=O)N1CCC[C@H]1C(=O)N1CCC[C@H]1C(=O)O)C(C)C)N(C)C. The molecule has 32 heavy (non-hydrogen) atoms. The van der Waals surface area contributed by atoms with E-state index >= 15 is 0 Å². The molecule has 2 saturated heterocycles. The molecule has 2 aliphatic heterocycles. The van der Waals surface area contributed by atoms with Crippen LogP contribution in [0.25, 0.3) is 0 Å². The highest BCUT2D eigenvalue weighted by Crippen LogP contribution is 2.27. The summed E-state index contributed by atoms with van der Waals surface area (Å²) < 4.78 is 0. The van der Waals surface area contributed by atoms with Gasteiger partial charge in [0.25, 0.3) is 0 Å². The van der Waals surface area contributed by atoms with Gasteiger partial charge in [0.2, 0.25) is 17.7 Å². The molecular weight excluding hydrogens is 412 g/mol. The van der Waals surface area contributed by atoms with Crippen LogP contribution in [0.1, 0.15) is 53.4 Å². The van der Waals surface area contributed by atoms with Crippen LogP contribution in [0.15, 0.2) is 0 Å². The Morgan fingerprint density at radius 1 is 0.812 bits per heavy atom. The van der Waals surface area contributed by atoms with Crippen LogP contribution < -0.4 is 0 Å². The van der Waals surface area contributed by atoms with Crippen molar-refractivity contribution in [3.8, 4) is 0 Å². The quantitative estimate of drug-likeness (QED) is 0.592. The third kappa shape index (κ3) is 5.24. The topological polar surface area (TPSA) is 101 Å². The molecule has 0 aromatic rings. The zero-order valence-corrected chi connectivity index (χ0v) is 20.6. The first-order chi connectivity index (χ1) is 14.9. The van der Waals surface area contributed by atoms with Gasteiger partial charge in [0.05, 0.1) is 6.04 Å². The van der Waals surface area contributed by atoms with Gasteiger partial charge < -0.3 is 19.8 Å². The molecule has 2 rings (SSSR count). The smallest absolute Gasteiger partial charge is 0.326 e. The number of likely N-dealkylation sites (N-methyl/N-ethyl adjacent to an activating group) is 2. The Morgan fingerprint density at radius 3 is 1.78 bits per heavy atom. The van der Waals surface area contributed by atoms with Gasteiger partial charge in [-0.1, -0.05) is 27.7 Å². The molecule has 4 atom stereocenters. The van der Waals surface area contributed by atoms with Gasteiger partial charge >= 0.3 is 5.97 Å². The molecule has 0 bridgehead atoms. The van der Waals surface area contributed by atoms with Crippen molar-refractivity contribution in [2.24, 2.45) is 11.8 Å². The van der Waals surface area contributed by atoms with Crippen molar-refractivity contribution < 1.29 is 24.3 Å². The lowest BCUT2D eigenvalue weighted by molar-refractivity contribution is -0.155. The Morgan fingerprint density at radius 2 is 1.31 bits per heavy atom. The van der Waals surface area contributed by atoms with Crippen LogP contribution in [0.4, 0.5) is 0 Å². The average molecular weight is 453 g/mol. The number of carbonyl (C=O) groups excluding carboxylic acids is 3. The zero-order chi connectivity index (χ0) is 24.3. The highest BCUT2D eigenvalue weighted by molar-refractivity contribution is 5.94. The summed E-state index contributed by atoms with van der Waals surface area (Å²) in [7, 11) is 5.37. The lowest BCUT2D eigenvalue weighted by Gasteiger charge is -2.39. The molecule has 0 aromatic carbocycles. The van der Waals surface area contributed by atoms with E-state index in [0.29, 0.717) is 38.8 Å². The van der Waals surface area contributed by atoms with Crippen molar-refractivity contribution in [1.29, 1.82) is 0 Å². The van der Waals surface area contributed by atoms with Crippen molar-refractivity contribution in [2.45, 2.75) is 77.5 Å². The molecule has 0 aliphatic carbocycles. The Hall–Kier alpha value is -2.16. The first-order valence-corrected chi connectivity index (χ1v) is 11.7. The summed E-state index contributed by atoms with van der Waals surface area (Å²) >= 11 is 0. The minimum atomic E-state index is -1.000. The second kappa shape index (κ2) is 10.6. The third-order valence-electron chi connectivity index (χ3n) is 6.73. The molecule has 2 heterocycles. The molecule has 9 heteroatoms. The third-order valence-corrected chi connectivity index (χ3v) is 6.73. The van der Waals surface area contributed by atoms with Crippen molar-refractivity contribution >= 4 is 23.7 Å². The fraction of sp³-hybridized carbons (Fsp3) is 0.826. The van der Waals surface area contributed by atoms with E-state index in [-0.39, 0.29) is 35.6 Å². The Bertz CT molecular complexity index is 715. The van der Waals surface area contributed by atoms with E-state index in [1.807, 2.05) is 46.7 Å². The summed E-state index contributed by atoms with van der Waals surface area (Å²) in [5, 5.41) is 9.46. The van der Waals surface area contributed by atoms with Crippen LogP contribution in [0.3, 0.4) is 0 Å². The van der Waals surface area contributed by atoms with Crippen molar-refractivity contribution in [3.63, 3.8) is 0 Å². The monoisotopic (exact) mass is 452 g/mol. The second-order valence-corrected chi connectivity index (χ2v) is 10.0. The molecule has 9 nitrogen and oxygen atoms in total. The number of nitrogens with zero attached hydrogens (tertiary/aromatic N) is 4. The number of hydrogen-bond acceptors (Lipinski definition) is 5. The van der Waals surface area contributed by atoms with E-state index < -0.39 is 24.1 Å². The molecule has 2 aliphatic rings. The molecular formula is C23H40N4O5. The van der Waals surface area contributed by atoms with E-state index in [4.69, 9.17) is 0 Å². The van der Waals surface area contributed by atoms with Crippen molar-refractivity contribution in [3.05, 3.63) is 0 Å². The fourth-order valence-corrected chi connectivity index (χ4v) is 5.28. The van der Waals surface area contributed by atoms with E-state index in [0.717, 1.165) is 0 Å². The van der Waals surface area contributed by atoms with Gasteiger partial charge in [0.15, 0.2) is 0 Å². The normalized spacial score (nSPS) is 23.2. The number of rotatable bonds is 8. The maximum Gasteiger partial charge on any atom is 0.326 e. The summed E-state index contributed by atoms with van der Waals surface area (Å²) in [5.41, 5.74) is 0. The van der Waals surface area contributed by atoms with Crippen molar-refractivity contribution in [2.75, 3.05) is 34.2 Å². The standard InChI is InChI=1S/C23H40N4O5/c1-14(2)18(24(5)6)21(29)25(7)19(15(3)4)22(30)26-12-8-10-16(26)20(28)27-13-9-11-17(27)23(31)32/h14-19H,8-13H2,1-7H3,(H,31,32)/t16-,17-,18-,19-/m0/s1. The predicted molar refractivity (Wildman–Crippen MR) is 121 cm³/mol. The van der Waals surface area contributed by atoms with Crippen LogP contribution in [0.5, 0.6) is 0 Å². The van der Waals surface area contributed by atoms with E-state index in [1.165, 1.54) is 9.80 Å². The van der Waals surface area contributed by atoms with Gasteiger partial charge in [0, 0.05) is 20.1 Å². The average Bonchev–Trinajstić information content (AvgIpc) is 3.36. The van der Waals surface area contributed by atoms with E-state index in [9.17, 15) is 24.3 Å². The number of hydrogen-bond donors (Lipinski definition) is 1. The molecule has 1 N–H and O–H groups in total. The molecule has 2 fully saturated rings. The Kier molecular flexibility index (Phi) is 8.67. The van der Waals surface area contributed by atoms with Crippen LogP contribution in [-0.4, -0.2) is 107 Å². The predicted octanol–water partition coefficient (Wildman–Crippen LogP) is 1.12. The number of aliphatic carboxylic acids is 1. The van der Waals surface area contributed by atoms with Crippen LogP contribution >= 0.6 is 0 Å². The fourth-order valence-electron chi connectivity index (χ4n) is 5.28. The molecule has 0 aromatic heterocycles. The summed E-state index contributed by atoms with van der Waals surface area (Å²) in [6, 6.07) is -2.53. The van der Waals surface area contributed by atoms with Crippen LogP contribution in [0.2, 0.25) is 0 Å². The van der Waals surface area contributed by atoms with Gasteiger partial charge in [-0.15, -0.1) is 0 Å². The van der Waals surface area contributed by atoms with Crippen LogP contribution in [0, 0.1) is 11.8 Å². The van der Waals surface area contributed by atoms with Gasteiger partial charge in [-0.3, -0.25) is 19.3 Å². The van der Waals surface area contributed by atoms with Gasteiger partial charge in [0.1, 0.15) is 18.1 Å². The lowest BCUT2D eigenvalue weighted by Crippen LogP contribution is -2.59. The molecule has 3 amide bonds. The molecule has 182 valence electrons. The van der Waals surface area contributed by atoms with Crippen LogP contribution in [-0.2, 0) is 19.2 Å². The molecule has 0 radical (unpaired) electrons. The highest BCUT2D eigenvalue weighted by atomic mass is 16.4. The van der Waals surface area contributed by atoms with E-state index in [2.05, 4.69) is 0 Å². The number of carboxylic acid groups (broad SMARTS) is 1. The summed E-state index contributed by atoms with van der Waals surface area (Å²) in [5.74, 6) is -1.71. The summed E-state index contributed by atoms with van der Waals surface area (Å²) in [4.78, 5) is 58.2. The number of likely N-dealkylation sites (tertiary alicyclic amines) is 2. The Balaban J connectivity index is 2.25. The minimum Gasteiger partial charge on any atom is -0.480 e. The maximum absolute atomic E-state index is 13.7. The summed E-state index contributed by atoms with van der Waals surface area (Å²) in [6.45, 7) is 8.60. The van der Waals surface area contributed by atoms with Crippen molar-refractivity contribution in [1.82, 2.24) is 19.6 Å². The highest BCUT2D eigenvalue weighted by Gasteiger charge is 2.45. The first kappa shape index (κ1) is 26.1. The number of carbonyl (C=O) groups is 4. The summed E-state index contributed by atoms with van der Waals surface area (Å²) in [6.07, 6.45) is 2.29. The number of amides is 3. The first-order valence-electron chi connectivity index (χ1n) is 11.7. The number of carboxylic acids is 1. The largest absolute Gasteiger partial charge is 0.480 e. The zero-order valence-electron chi connectivity index (χ0n) is 20.6. The molecule has 0 saturated carbocycles. The molecule has 0 unspecified atom stereocenters. The molecule has 0 spiro atoms. The Labute approximate surface area is 191 Å².